The molecule has 7 heteroatoms. The van der Waals surface area contributed by atoms with Crippen molar-refractivity contribution in [3.63, 3.8) is 0 Å². The van der Waals surface area contributed by atoms with Gasteiger partial charge in [-0.1, -0.05) is 11.6 Å². The van der Waals surface area contributed by atoms with Gasteiger partial charge in [0.1, 0.15) is 10.6 Å². The van der Waals surface area contributed by atoms with Gasteiger partial charge < -0.3 is 14.5 Å². The first-order valence-corrected chi connectivity index (χ1v) is 9.26. The number of carbonyl (C=O) groups excluding carboxylic acids is 2. The van der Waals surface area contributed by atoms with Gasteiger partial charge in [-0.25, -0.2) is 4.79 Å². The quantitative estimate of drug-likeness (QED) is 0.680. The number of hydrogen-bond donors (Lipinski definition) is 1. The molecule has 0 aliphatic rings. The molecule has 2 aromatic heterocycles. The van der Waals surface area contributed by atoms with E-state index < -0.39 is 11.9 Å². The van der Waals surface area contributed by atoms with Gasteiger partial charge in [0.15, 0.2) is 11.2 Å². The third kappa shape index (κ3) is 3.64. The van der Waals surface area contributed by atoms with Crippen molar-refractivity contribution in [3.8, 4) is 0 Å². The van der Waals surface area contributed by atoms with Crippen LogP contribution < -0.4 is 10.7 Å². The molecular weight excluding hydrogens is 366 g/mol. The number of hydrogen-bond acceptors (Lipinski definition) is 6. The number of benzene rings is 1. The second-order valence-electron chi connectivity index (χ2n) is 6.14. The summed E-state index contributed by atoms with van der Waals surface area (Å²) in [5.41, 5.74) is 2.04. The molecule has 1 amide bonds. The van der Waals surface area contributed by atoms with E-state index in [1.165, 1.54) is 11.3 Å². The molecule has 0 saturated heterocycles. The lowest BCUT2D eigenvalue weighted by atomic mass is 10.1. The van der Waals surface area contributed by atoms with E-state index in [2.05, 4.69) is 5.32 Å². The van der Waals surface area contributed by atoms with Crippen LogP contribution in [0.5, 0.6) is 0 Å². The van der Waals surface area contributed by atoms with Gasteiger partial charge in [0.25, 0.3) is 5.91 Å². The first kappa shape index (κ1) is 18.8. The Kier molecular flexibility index (Phi) is 5.14. The molecule has 0 aliphatic carbocycles. The molecular formula is C20H19NO5S. The van der Waals surface area contributed by atoms with Gasteiger partial charge in [-0.3, -0.25) is 9.59 Å². The lowest BCUT2D eigenvalue weighted by Crippen LogP contribution is -2.16. The Hall–Kier alpha value is -2.93. The van der Waals surface area contributed by atoms with Crippen LogP contribution >= 0.6 is 11.3 Å². The van der Waals surface area contributed by atoms with E-state index in [1.807, 2.05) is 13.8 Å². The Labute approximate surface area is 159 Å². The highest BCUT2D eigenvalue weighted by molar-refractivity contribution is 7.16. The van der Waals surface area contributed by atoms with Crippen LogP contribution in [0.4, 0.5) is 5.00 Å². The van der Waals surface area contributed by atoms with Crippen molar-refractivity contribution < 1.29 is 18.7 Å². The van der Waals surface area contributed by atoms with Crippen molar-refractivity contribution in [3.05, 3.63) is 61.8 Å². The molecule has 3 rings (SSSR count). The highest BCUT2D eigenvalue weighted by Gasteiger charge is 2.23. The Bertz CT molecular complexity index is 1110. The van der Waals surface area contributed by atoms with Crippen LogP contribution in [0.2, 0.25) is 0 Å². The van der Waals surface area contributed by atoms with E-state index in [4.69, 9.17) is 9.15 Å². The highest BCUT2D eigenvalue weighted by atomic mass is 32.1. The summed E-state index contributed by atoms with van der Waals surface area (Å²) in [5.74, 6) is -1.21. The average Bonchev–Trinajstić information content (AvgIpc) is 2.89. The van der Waals surface area contributed by atoms with Crippen LogP contribution in [0.15, 0.2) is 33.5 Å². The fraction of sp³-hybridized carbons (Fsp3) is 0.250. The molecule has 1 N–H and O–H groups in total. The minimum absolute atomic E-state index is 0.116. The van der Waals surface area contributed by atoms with Crippen LogP contribution in [-0.2, 0) is 4.74 Å². The van der Waals surface area contributed by atoms with Crippen LogP contribution in [0, 0.1) is 20.8 Å². The number of ether oxygens (including phenoxy) is 1. The zero-order chi connectivity index (χ0) is 19.7. The second-order valence-corrected chi connectivity index (χ2v) is 7.36. The maximum atomic E-state index is 12.6. The Morgan fingerprint density at radius 3 is 2.63 bits per heavy atom. The third-order valence-electron chi connectivity index (χ3n) is 4.20. The minimum Gasteiger partial charge on any atom is -0.462 e. The number of thiophene rings is 1. The summed E-state index contributed by atoms with van der Waals surface area (Å²) in [6, 6.07) is 6.34. The summed E-state index contributed by atoms with van der Waals surface area (Å²) >= 11 is 1.28. The minimum atomic E-state index is -0.596. The summed E-state index contributed by atoms with van der Waals surface area (Å²) in [6.07, 6.45) is 0. The van der Waals surface area contributed by atoms with Crippen molar-refractivity contribution in [2.24, 2.45) is 0 Å². The molecule has 0 saturated carbocycles. The maximum Gasteiger partial charge on any atom is 0.341 e. The number of aryl methyl sites for hydroxylation is 2. The molecule has 0 aliphatic heterocycles. The van der Waals surface area contributed by atoms with Gasteiger partial charge in [0.05, 0.1) is 17.6 Å². The van der Waals surface area contributed by atoms with E-state index >= 15 is 0 Å². The molecule has 0 unspecified atom stereocenters. The summed E-state index contributed by atoms with van der Waals surface area (Å²) in [4.78, 5) is 38.1. The molecule has 0 bridgehead atoms. The van der Waals surface area contributed by atoms with Crippen LogP contribution in [-0.4, -0.2) is 18.5 Å². The first-order valence-electron chi connectivity index (χ1n) is 8.44. The van der Waals surface area contributed by atoms with Crippen molar-refractivity contribution in [2.45, 2.75) is 27.7 Å². The third-order valence-corrected chi connectivity index (χ3v) is 5.32. The summed E-state index contributed by atoms with van der Waals surface area (Å²) in [7, 11) is 0. The van der Waals surface area contributed by atoms with Gasteiger partial charge in [-0.2, -0.15) is 0 Å². The van der Waals surface area contributed by atoms with E-state index in [-0.39, 0.29) is 17.8 Å². The smallest absolute Gasteiger partial charge is 0.341 e. The maximum absolute atomic E-state index is 12.6. The molecule has 0 radical (unpaired) electrons. The molecule has 3 aromatic rings. The number of anilines is 1. The SMILES string of the molecule is CCOC(=O)c1c(NC(=O)c2cc(=O)c3cc(C)ccc3o2)sc(C)c1C. The lowest BCUT2D eigenvalue weighted by Gasteiger charge is -2.07. The van der Waals surface area contributed by atoms with Gasteiger partial charge in [0, 0.05) is 10.9 Å². The molecule has 1 aromatic carbocycles. The van der Waals surface area contributed by atoms with Crippen molar-refractivity contribution >= 4 is 39.2 Å². The van der Waals surface area contributed by atoms with E-state index in [9.17, 15) is 14.4 Å². The Morgan fingerprint density at radius 2 is 1.93 bits per heavy atom. The molecule has 2 heterocycles. The van der Waals surface area contributed by atoms with Crippen LogP contribution in [0.3, 0.4) is 0 Å². The summed E-state index contributed by atoms with van der Waals surface area (Å²) in [5, 5.41) is 3.47. The fourth-order valence-corrected chi connectivity index (χ4v) is 3.75. The van der Waals surface area contributed by atoms with E-state index in [0.29, 0.717) is 21.5 Å². The van der Waals surface area contributed by atoms with Gasteiger partial charge in [0.2, 0.25) is 0 Å². The molecule has 6 nitrogen and oxygen atoms in total. The van der Waals surface area contributed by atoms with Crippen molar-refractivity contribution in [2.75, 3.05) is 11.9 Å². The predicted molar refractivity (Wildman–Crippen MR) is 105 cm³/mol. The number of fused-ring (bicyclic) bond motifs is 1. The zero-order valence-corrected chi connectivity index (χ0v) is 16.3. The molecule has 0 fully saturated rings. The first-order chi connectivity index (χ1) is 12.8. The van der Waals surface area contributed by atoms with E-state index in [0.717, 1.165) is 22.1 Å². The average molecular weight is 385 g/mol. The van der Waals surface area contributed by atoms with Gasteiger partial charge >= 0.3 is 5.97 Å². The number of esters is 1. The van der Waals surface area contributed by atoms with E-state index in [1.54, 1.807) is 32.0 Å². The molecule has 0 atom stereocenters. The van der Waals surface area contributed by atoms with Gasteiger partial charge in [-0.15, -0.1) is 11.3 Å². The highest BCUT2D eigenvalue weighted by Crippen LogP contribution is 2.33. The second kappa shape index (κ2) is 7.36. The Morgan fingerprint density at radius 1 is 1.19 bits per heavy atom. The predicted octanol–water partition coefficient (Wildman–Crippen LogP) is 4.21. The monoisotopic (exact) mass is 385 g/mol. The van der Waals surface area contributed by atoms with Crippen LogP contribution in [0.25, 0.3) is 11.0 Å². The number of nitrogens with one attached hydrogen (secondary N) is 1. The van der Waals surface area contributed by atoms with Crippen molar-refractivity contribution in [1.29, 1.82) is 0 Å². The standard InChI is InChI=1S/C20H19NO5S/c1-5-25-20(24)17-11(3)12(4)27-19(17)21-18(23)16-9-14(22)13-8-10(2)6-7-15(13)26-16/h6-9H,5H2,1-4H3,(H,21,23). The van der Waals surface area contributed by atoms with Crippen molar-refractivity contribution in [1.82, 2.24) is 0 Å². The zero-order valence-electron chi connectivity index (χ0n) is 15.5. The number of rotatable bonds is 4. The summed E-state index contributed by atoms with van der Waals surface area (Å²) in [6.45, 7) is 7.48. The van der Waals surface area contributed by atoms with Crippen LogP contribution in [0.1, 0.15) is 43.8 Å². The number of amides is 1. The molecule has 27 heavy (non-hydrogen) atoms. The summed E-state index contributed by atoms with van der Waals surface area (Å²) < 4.78 is 10.7. The molecule has 0 spiro atoms. The van der Waals surface area contributed by atoms with Gasteiger partial charge in [-0.05, 0) is 45.4 Å². The Balaban J connectivity index is 1.98. The normalized spacial score (nSPS) is 10.8. The largest absolute Gasteiger partial charge is 0.462 e. The molecule has 140 valence electrons. The lowest BCUT2D eigenvalue weighted by molar-refractivity contribution is 0.0527. The topological polar surface area (TPSA) is 85.6 Å². The number of carbonyl (C=O) groups is 2. The fourth-order valence-electron chi connectivity index (χ4n) is 2.71.